The fraction of sp³-hybridized carbons (Fsp3) is 0.250. The second-order valence-corrected chi connectivity index (χ2v) is 4.87. The molecule has 0 aliphatic heterocycles. The van der Waals surface area contributed by atoms with Crippen LogP contribution in [0.1, 0.15) is 25.5 Å². The highest BCUT2D eigenvalue weighted by Crippen LogP contribution is 2.31. The molecule has 1 N–H and O–H groups in total. The minimum absolute atomic E-state index is 0.548. The number of nitrogens with zero attached hydrogens (tertiary/aromatic N) is 1. The number of anilines is 2. The van der Waals surface area contributed by atoms with Gasteiger partial charge in [0.25, 0.3) is 0 Å². The predicted octanol–water partition coefficient (Wildman–Crippen LogP) is 4.55. The molecule has 3 heteroatoms. The molecule has 2 nitrogen and oxygen atoms in total. The third-order valence-electron chi connectivity index (χ3n) is 3.13. The Bertz CT molecular complexity index is 540. The van der Waals surface area contributed by atoms with Crippen LogP contribution in [0.4, 0.5) is 11.4 Å². The summed E-state index contributed by atoms with van der Waals surface area (Å²) in [5, 5.41) is 10.2. The Balaban J connectivity index is 2.37. The van der Waals surface area contributed by atoms with Crippen LogP contribution >= 0.6 is 11.6 Å². The van der Waals surface area contributed by atoms with Gasteiger partial charge in [0.05, 0.1) is 6.10 Å². The molecule has 0 saturated carbocycles. The lowest BCUT2D eigenvalue weighted by Crippen LogP contribution is -2.15. The summed E-state index contributed by atoms with van der Waals surface area (Å²) in [7, 11) is 0. The summed E-state index contributed by atoms with van der Waals surface area (Å²) in [6.45, 7) is 4.67. The molecule has 2 rings (SSSR count). The summed E-state index contributed by atoms with van der Waals surface area (Å²) in [5.41, 5.74) is 2.92. The highest BCUT2D eigenvalue weighted by atomic mass is 35.5. The van der Waals surface area contributed by atoms with E-state index in [1.807, 2.05) is 36.4 Å². The van der Waals surface area contributed by atoms with E-state index in [4.69, 9.17) is 11.6 Å². The Morgan fingerprint density at radius 1 is 1.11 bits per heavy atom. The maximum absolute atomic E-state index is 9.61. The molecule has 0 spiro atoms. The van der Waals surface area contributed by atoms with Gasteiger partial charge in [-0.3, -0.25) is 0 Å². The number of aliphatic hydroxyl groups is 1. The van der Waals surface area contributed by atoms with Gasteiger partial charge in [0.15, 0.2) is 0 Å². The fourth-order valence-corrected chi connectivity index (χ4v) is 2.48. The van der Waals surface area contributed by atoms with Gasteiger partial charge in [-0.25, -0.2) is 0 Å². The predicted molar refractivity (Wildman–Crippen MR) is 81.2 cm³/mol. The first kappa shape index (κ1) is 13.9. The summed E-state index contributed by atoms with van der Waals surface area (Å²) >= 11 is 6.23. The summed E-state index contributed by atoms with van der Waals surface area (Å²) in [6, 6.07) is 16.0. The Morgan fingerprint density at radius 2 is 1.79 bits per heavy atom. The van der Waals surface area contributed by atoms with Crippen LogP contribution in [0.3, 0.4) is 0 Å². The van der Waals surface area contributed by atoms with Crippen molar-refractivity contribution in [2.45, 2.75) is 20.0 Å². The van der Waals surface area contributed by atoms with Gasteiger partial charge >= 0.3 is 0 Å². The van der Waals surface area contributed by atoms with Crippen molar-refractivity contribution in [3.63, 3.8) is 0 Å². The normalized spacial score (nSPS) is 12.2. The first-order chi connectivity index (χ1) is 9.13. The SMILES string of the molecule is CCN(c1ccccc1)c1ccc(C(C)O)c(Cl)c1. The van der Waals surface area contributed by atoms with E-state index in [0.717, 1.165) is 23.5 Å². The van der Waals surface area contributed by atoms with Gasteiger partial charge < -0.3 is 10.0 Å². The molecule has 0 bridgehead atoms. The summed E-state index contributed by atoms with van der Waals surface area (Å²) in [6.07, 6.45) is -0.548. The smallest absolute Gasteiger partial charge is 0.0776 e. The van der Waals surface area contributed by atoms with Crippen molar-refractivity contribution < 1.29 is 5.11 Å². The Morgan fingerprint density at radius 3 is 2.32 bits per heavy atom. The second-order valence-electron chi connectivity index (χ2n) is 4.46. The Kier molecular flexibility index (Phi) is 4.46. The van der Waals surface area contributed by atoms with Gasteiger partial charge in [0.2, 0.25) is 0 Å². The van der Waals surface area contributed by atoms with Crippen molar-refractivity contribution in [2.75, 3.05) is 11.4 Å². The van der Waals surface area contributed by atoms with E-state index in [0.29, 0.717) is 5.02 Å². The Hall–Kier alpha value is -1.51. The van der Waals surface area contributed by atoms with Crippen LogP contribution in [0, 0.1) is 0 Å². The van der Waals surface area contributed by atoms with Crippen molar-refractivity contribution in [3.8, 4) is 0 Å². The maximum Gasteiger partial charge on any atom is 0.0776 e. The van der Waals surface area contributed by atoms with Gasteiger partial charge in [-0.05, 0) is 43.7 Å². The van der Waals surface area contributed by atoms with E-state index in [9.17, 15) is 5.11 Å². The van der Waals surface area contributed by atoms with Crippen LogP contribution in [-0.2, 0) is 0 Å². The van der Waals surface area contributed by atoms with Crippen LogP contribution < -0.4 is 4.90 Å². The molecule has 1 unspecified atom stereocenters. The monoisotopic (exact) mass is 275 g/mol. The minimum atomic E-state index is -0.548. The molecule has 2 aromatic carbocycles. The quantitative estimate of drug-likeness (QED) is 0.885. The lowest BCUT2D eigenvalue weighted by Gasteiger charge is -2.24. The number of aliphatic hydroxyl groups excluding tert-OH is 1. The number of hydrogen-bond donors (Lipinski definition) is 1. The van der Waals surface area contributed by atoms with E-state index in [2.05, 4.69) is 24.0 Å². The van der Waals surface area contributed by atoms with E-state index in [-0.39, 0.29) is 0 Å². The number of benzene rings is 2. The van der Waals surface area contributed by atoms with Gasteiger partial charge in [0, 0.05) is 22.9 Å². The van der Waals surface area contributed by atoms with Crippen molar-refractivity contribution in [1.82, 2.24) is 0 Å². The van der Waals surface area contributed by atoms with Crippen molar-refractivity contribution in [3.05, 3.63) is 59.1 Å². The zero-order chi connectivity index (χ0) is 13.8. The van der Waals surface area contributed by atoms with Crippen LogP contribution in [0.15, 0.2) is 48.5 Å². The van der Waals surface area contributed by atoms with E-state index in [1.54, 1.807) is 6.92 Å². The number of hydrogen-bond acceptors (Lipinski definition) is 2. The molecule has 0 fully saturated rings. The largest absolute Gasteiger partial charge is 0.389 e. The van der Waals surface area contributed by atoms with Gasteiger partial charge in [0.1, 0.15) is 0 Å². The first-order valence-corrected chi connectivity index (χ1v) is 6.81. The zero-order valence-electron chi connectivity index (χ0n) is 11.2. The molecule has 0 heterocycles. The maximum atomic E-state index is 9.61. The molecular weight excluding hydrogens is 258 g/mol. The fourth-order valence-electron chi connectivity index (χ4n) is 2.14. The van der Waals surface area contributed by atoms with Gasteiger partial charge in [-0.15, -0.1) is 0 Å². The molecular formula is C16H18ClNO. The standard InChI is InChI=1S/C16H18ClNO/c1-3-18(13-7-5-4-6-8-13)14-9-10-15(12(2)19)16(17)11-14/h4-12,19H,3H2,1-2H3. The van der Waals surface area contributed by atoms with E-state index in [1.165, 1.54) is 0 Å². The molecule has 1 atom stereocenters. The number of para-hydroxylation sites is 1. The molecule has 19 heavy (non-hydrogen) atoms. The molecule has 2 aromatic rings. The van der Waals surface area contributed by atoms with E-state index < -0.39 is 6.10 Å². The first-order valence-electron chi connectivity index (χ1n) is 6.43. The average molecular weight is 276 g/mol. The summed E-state index contributed by atoms with van der Waals surface area (Å²) in [4.78, 5) is 2.18. The third kappa shape index (κ3) is 3.09. The van der Waals surface area contributed by atoms with E-state index >= 15 is 0 Å². The molecule has 100 valence electrons. The van der Waals surface area contributed by atoms with Crippen LogP contribution in [-0.4, -0.2) is 11.7 Å². The molecule has 0 aromatic heterocycles. The topological polar surface area (TPSA) is 23.5 Å². The third-order valence-corrected chi connectivity index (χ3v) is 3.46. The molecule has 0 amide bonds. The van der Waals surface area contributed by atoms with Crippen LogP contribution in [0.2, 0.25) is 5.02 Å². The van der Waals surface area contributed by atoms with Gasteiger partial charge in [-0.2, -0.15) is 0 Å². The zero-order valence-corrected chi connectivity index (χ0v) is 11.9. The Labute approximate surface area is 119 Å². The van der Waals surface area contributed by atoms with Crippen molar-refractivity contribution >= 4 is 23.0 Å². The highest BCUT2D eigenvalue weighted by Gasteiger charge is 2.11. The molecule has 0 saturated heterocycles. The van der Waals surface area contributed by atoms with Crippen molar-refractivity contribution in [2.24, 2.45) is 0 Å². The lowest BCUT2D eigenvalue weighted by molar-refractivity contribution is 0.199. The molecule has 0 aliphatic carbocycles. The number of halogens is 1. The van der Waals surface area contributed by atoms with Gasteiger partial charge in [-0.1, -0.05) is 35.9 Å². The molecule has 0 radical (unpaired) electrons. The average Bonchev–Trinajstić information content (AvgIpc) is 2.40. The summed E-state index contributed by atoms with van der Waals surface area (Å²) in [5.74, 6) is 0. The van der Waals surface area contributed by atoms with Crippen LogP contribution in [0.25, 0.3) is 0 Å². The summed E-state index contributed by atoms with van der Waals surface area (Å²) < 4.78 is 0. The number of rotatable bonds is 4. The lowest BCUT2D eigenvalue weighted by atomic mass is 10.1. The molecule has 0 aliphatic rings. The van der Waals surface area contributed by atoms with Crippen LogP contribution in [0.5, 0.6) is 0 Å². The highest BCUT2D eigenvalue weighted by molar-refractivity contribution is 6.31. The minimum Gasteiger partial charge on any atom is -0.389 e. The second kappa shape index (κ2) is 6.09. The van der Waals surface area contributed by atoms with Crippen molar-refractivity contribution in [1.29, 1.82) is 0 Å².